The smallest absolute Gasteiger partial charge is 0.269 e. The number of rotatable bonds is 3. The first-order chi connectivity index (χ1) is 6.54. The molecule has 0 radical (unpaired) electrons. The third-order valence-corrected chi connectivity index (χ3v) is 1.97. The first kappa shape index (κ1) is 10.7. The minimum atomic E-state index is -0.133. The Morgan fingerprint density at radius 3 is 2.86 bits per heavy atom. The number of aromatic nitrogens is 2. The lowest BCUT2D eigenvalue weighted by Gasteiger charge is -2.10. The maximum Gasteiger partial charge on any atom is 0.269 e. The number of carbonyl (C=O) groups is 1. The fourth-order valence-corrected chi connectivity index (χ4v) is 1.18. The highest BCUT2D eigenvalue weighted by Gasteiger charge is 2.12. The molecule has 0 aliphatic rings. The van der Waals surface area contributed by atoms with E-state index in [1.165, 1.54) is 0 Å². The molecule has 0 bridgehead atoms. The zero-order valence-corrected chi connectivity index (χ0v) is 8.74. The summed E-state index contributed by atoms with van der Waals surface area (Å²) in [5, 5.41) is 6.87. The van der Waals surface area contributed by atoms with Crippen LogP contribution in [0.4, 0.5) is 0 Å². The number of hydrogen-bond acceptors (Lipinski definition) is 3. The Morgan fingerprint density at radius 1 is 1.79 bits per heavy atom. The van der Waals surface area contributed by atoms with E-state index < -0.39 is 0 Å². The van der Waals surface area contributed by atoms with Crippen molar-refractivity contribution in [2.45, 2.75) is 19.9 Å². The van der Waals surface area contributed by atoms with Gasteiger partial charge in [-0.15, -0.1) is 0 Å². The van der Waals surface area contributed by atoms with Gasteiger partial charge >= 0.3 is 0 Å². The summed E-state index contributed by atoms with van der Waals surface area (Å²) in [6.07, 6.45) is 0. The highest BCUT2D eigenvalue weighted by atomic mass is 16.2. The van der Waals surface area contributed by atoms with Crippen molar-refractivity contribution in [3.8, 4) is 0 Å². The summed E-state index contributed by atoms with van der Waals surface area (Å²) >= 11 is 0. The Bertz CT molecular complexity index is 332. The largest absolute Gasteiger partial charge is 0.347 e. The molecule has 0 saturated heterocycles. The summed E-state index contributed by atoms with van der Waals surface area (Å²) in [6.45, 7) is 4.15. The number of nitrogens with zero attached hydrogens (tertiary/aromatic N) is 2. The molecule has 1 rings (SSSR count). The lowest BCUT2D eigenvalue weighted by molar-refractivity contribution is 0.0932. The molecule has 0 spiro atoms. The molecule has 1 aromatic heterocycles. The number of carbonyl (C=O) groups excluding carboxylic acids is 1. The van der Waals surface area contributed by atoms with Crippen LogP contribution in [0.25, 0.3) is 0 Å². The second-order valence-electron chi connectivity index (χ2n) is 3.40. The van der Waals surface area contributed by atoms with Gasteiger partial charge in [0.2, 0.25) is 0 Å². The van der Waals surface area contributed by atoms with Crippen molar-refractivity contribution in [2.24, 2.45) is 12.8 Å². The highest BCUT2D eigenvalue weighted by Crippen LogP contribution is 2.01. The quantitative estimate of drug-likeness (QED) is 0.703. The maximum atomic E-state index is 11.6. The van der Waals surface area contributed by atoms with E-state index in [-0.39, 0.29) is 11.9 Å². The van der Waals surface area contributed by atoms with Crippen LogP contribution in [0.3, 0.4) is 0 Å². The van der Waals surface area contributed by atoms with Crippen molar-refractivity contribution in [1.29, 1.82) is 0 Å². The van der Waals surface area contributed by atoms with Gasteiger partial charge in [-0.1, -0.05) is 0 Å². The molecule has 0 aromatic carbocycles. The number of nitrogens with one attached hydrogen (secondary N) is 1. The molecule has 1 heterocycles. The van der Waals surface area contributed by atoms with E-state index >= 15 is 0 Å². The van der Waals surface area contributed by atoms with E-state index in [1.54, 1.807) is 17.8 Å². The summed E-state index contributed by atoms with van der Waals surface area (Å²) in [6, 6.07) is 1.73. The molecule has 0 aliphatic carbocycles. The summed E-state index contributed by atoms with van der Waals surface area (Å²) in [5.74, 6) is -0.133. The van der Waals surface area contributed by atoms with Gasteiger partial charge in [0.05, 0.1) is 5.69 Å². The van der Waals surface area contributed by atoms with E-state index in [9.17, 15) is 4.79 Å². The van der Waals surface area contributed by atoms with Crippen LogP contribution in [0, 0.1) is 6.92 Å². The number of amides is 1. The summed E-state index contributed by atoms with van der Waals surface area (Å²) in [5.41, 5.74) is 6.79. The third kappa shape index (κ3) is 2.32. The van der Waals surface area contributed by atoms with Gasteiger partial charge in [-0.3, -0.25) is 9.48 Å². The number of hydrogen-bond donors (Lipinski definition) is 2. The van der Waals surface area contributed by atoms with Gasteiger partial charge in [0.1, 0.15) is 5.69 Å². The molecule has 14 heavy (non-hydrogen) atoms. The summed E-state index contributed by atoms with van der Waals surface area (Å²) < 4.78 is 1.56. The molecule has 0 aliphatic heterocycles. The van der Waals surface area contributed by atoms with E-state index in [0.717, 1.165) is 5.69 Å². The molecular weight excluding hydrogens is 180 g/mol. The zero-order valence-electron chi connectivity index (χ0n) is 8.74. The van der Waals surface area contributed by atoms with Crippen LogP contribution in [-0.4, -0.2) is 28.3 Å². The van der Waals surface area contributed by atoms with Gasteiger partial charge in [-0.05, 0) is 19.9 Å². The second-order valence-corrected chi connectivity index (χ2v) is 3.40. The van der Waals surface area contributed by atoms with Crippen LogP contribution in [-0.2, 0) is 7.05 Å². The standard InChI is InChI=1S/C9H16N4O/c1-6-4-8(13(3)12-6)9(14)11-7(2)5-10/h4,7H,5,10H2,1-3H3,(H,11,14)/t7-/m1/s1. The van der Waals surface area contributed by atoms with Crippen molar-refractivity contribution in [3.63, 3.8) is 0 Å². The Hall–Kier alpha value is -1.36. The molecule has 1 atom stereocenters. The van der Waals surface area contributed by atoms with Gasteiger partial charge < -0.3 is 11.1 Å². The zero-order chi connectivity index (χ0) is 10.7. The molecular formula is C9H16N4O. The lowest BCUT2D eigenvalue weighted by Crippen LogP contribution is -2.38. The molecule has 1 amide bonds. The molecule has 5 heteroatoms. The summed E-state index contributed by atoms with van der Waals surface area (Å²) in [4.78, 5) is 11.6. The fraction of sp³-hybridized carbons (Fsp3) is 0.556. The Labute approximate surface area is 83.3 Å². The number of nitrogens with two attached hydrogens (primary N) is 1. The van der Waals surface area contributed by atoms with Crippen LogP contribution in [0.5, 0.6) is 0 Å². The highest BCUT2D eigenvalue weighted by molar-refractivity contribution is 5.92. The molecule has 78 valence electrons. The molecule has 5 nitrogen and oxygen atoms in total. The van der Waals surface area contributed by atoms with Crippen molar-refractivity contribution < 1.29 is 4.79 Å². The molecule has 1 aromatic rings. The van der Waals surface area contributed by atoms with Gasteiger partial charge in [-0.2, -0.15) is 5.10 Å². The lowest BCUT2D eigenvalue weighted by atomic mass is 10.3. The average Bonchev–Trinajstić information content (AvgIpc) is 2.45. The van der Waals surface area contributed by atoms with Gasteiger partial charge in [0, 0.05) is 19.6 Å². The molecule has 0 unspecified atom stereocenters. The van der Waals surface area contributed by atoms with E-state index in [2.05, 4.69) is 10.4 Å². The molecule has 0 fully saturated rings. The minimum absolute atomic E-state index is 0.0160. The van der Waals surface area contributed by atoms with Crippen molar-refractivity contribution in [3.05, 3.63) is 17.5 Å². The average molecular weight is 196 g/mol. The van der Waals surface area contributed by atoms with Gasteiger partial charge in [0.25, 0.3) is 5.91 Å². The van der Waals surface area contributed by atoms with Crippen molar-refractivity contribution >= 4 is 5.91 Å². The van der Waals surface area contributed by atoms with Crippen molar-refractivity contribution in [1.82, 2.24) is 15.1 Å². The van der Waals surface area contributed by atoms with Crippen LogP contribution in [0.1, 0.15) is 23.1 Å². The third-order valence-electron chi connectivity index (χ3n) is 1.97. The Kier molecular flexibility index (Phi) is 3.24. The number of aryl methyl sites for hydroxylation is 2. The van der Waals surface area contributed by atoms with Crippen molar-refractivity contribution in [2.75, 3.05) is 6.54 Å². The summed E-state index contributed by atoms with van der Waals surface area (Å²) in [7, 11) is 1.75. The Balaban J connectivity index is 2.74. The normalized spacial score (nSPS) is 12.6. The van der Waals surface area contributed by atoms with Gasteiger partial charge in [0.15, 0.2) is 0 Å². The fourth-order valence-electron chi connectivity index (χ4n) is 1.18. The predicted octanol–water partition coefficient (Wildman–Crippen LogP) is -0.194. The first-order valence-electron chi connectivity index (χ1n) is 4.56. The van der Waals surface area contributed by atoms with E-state index in [4.69, 9.17) is 5.73 Å². The van der Waals surface area contributed by atoms with Crippen LogP contribution >= 0.6 is 0 Å². The van der Waals surface area contributed by atoms with Crippen LogP contribution in [0.15, 0.2) is 6.07 Å². The first-order valence-corrected chi connectivity index (χ1v) is 4.56. The second kappa shape index (κ2) is 4.23. The molecule has 3 N–H and O–H groups in total. The van der Waals surface area contributed by atoms with Gasteiger partial charge in [-0.25, -0.2) is 0 Å². The maximum absolute atomic E-state index is 11.6. The minimum Gasteiger partial charge on any atom is -0.347 e. The Morgan fingerprint density at radius 2 is 2.43 bits per heavy atom. The monoisotopic (exact) mass is 196 g/mol. The predicted molar refractivity (Wildman–Crippen MR) is 53.9 cm³/mol. The van der Waals surface area contributed by atoms with Crippen LogP contribution in [0.2, 0.25) is 0 Å². The topological polar surface area (TPSA) is 72.9 Å². The van der Waals surface area contributed by atoms with E-state index in [0.29, 0.717) is 12.2 Å². The SMILES string of the molecule is Cc1cc(C(=O)N[C@H](C)CN)n(C)n1. The molecule has 0 saturated carbocycles. The van der Waals surface area contributed by atoms with E-state index in [1.807, 2.05) is 13.8 Å². The van der Waals surface area contributed by atoms with Crippen LogP contribution < -0.4 is 11.1 Å².